The van der Waals surface area contributed by atoms with E-state index in [0.717, 1.165) is 42.4 Å². The molecule has 1 aliphatic carbocycles. The third kappa shape index (κ3) is 6.49. The maximum absolute atomic E-state index is 14.6. The molecule has 1 atom stereocenters. The van der Waals surface area contributed by atoms with Crippen molar-refractivity contribution < 1.29 is 23.9 Å². The van der Waals surface area contributed by atoms with Crippen molar-refractivity contribution in [2.75, 3.05) is 16.3 Å². The smallest absolute Gasteiger partial charge is 0.304 e. The summed E-state index contributed by atoms with van der Waals surface area (Å²) < 4.78 is 14.6. The van der Waals surface area contributed by atoms with E-state index in [0.29, 0.717) is 41.6 Å². The van der Waals surface area contributed by atoms with Gasteiger partial charge in [-0.25, -0.2) is 14.4 Å². The second-order valence-electron chi connectivity index (χ2n) is 11.0. The van der Waals surface area contributed by atoms with Gasteiger partial charge in [-0.2, -0.15) is 0 Å². The molecular weight excluding hydrogens is 567 g/mol. The Morgan fingerprint density at radius 2 is 1.88 bits per heavy atom. The van der Waals surface area contributed by atoms with Crippen LogP contribution in [0.5, 0.6) is 0 Å². The highest BCUT2D eigenvalue weighted by Gasteiger charge is 2.39. The molecular formula is C33H31FN4O4S. The zero-order chi connectivity index (χ0) is 29.9. The number of hydrogen-bond acceptors (Lipinski definition) is 6. The van der Waals surface area contributed by atoms with Gasteiger partial charge in [-0.3, -0.25) is 24.2 Å². The molecule has 0 bridgehead atoms. The molecule has 3 heterocycles. The number of piperidine rings is 1. The van der Waals surface area contributed by atoms with Crippen LogP contribution in [0.25, 0.3) is 22.4 Å². The van der Waals surface area contributed by atoms with Crippen molar-refractivity contribution in [3.05, 3.63) is 83.6 Å². The minimum absolute atomic E-state index is 0.0419. The highest BCUT2D eigenvalue weighted by Crippen LogP contribution is 2.40. The van der Waals surface area contributed by atoms with Gasteiger partial charge in [0.1, 0.15) is 11.6 Å². The van der Waals surface area contributed by atoms with E-state index in [4.69, 9.17) is 4.98 Å². The number of carbonyl (C=O) groups is 3. The number of carboxylic acid groups (broad SMARTS) is 1. The Balaban J connectivity index is 1.29. The molecule has 1 saturated carbocycles. The van der Waals surface area contributed by atoms with Gasteiger partial charge < -0.3 is 5.11 Å². The summed E-state index contributed by atoms with van der Waals surface area (Å²) in [5.74, 6) is -1.80. The van der Waals surface area contributed by atoms with Gasteiger partial charge in [0.15, 0.2) is 5.13 Å². The number of halogens is 1. The quantitative estimate of drug-likeness (QED) is 0.228. The molecule has 4 aromatic rings. The average Bonchev–Trinajstić information content (AvgIpc) is 3.73. The lowest BCUT2D eigenvalue weighted by atomic mass is 9.94. The number of nitrogens with zero attached hydrogens (tertiary/aromatic N) is 4. The molecule has 0 spiro atoms. The number of rotatable bonds is 10. The summed E-state index contributed by atoms with van der Waals surface area (Å²) in [6, 6.07) is 17.5. The van der Waals surface area contributed by atoms with Gasteiger partial charge in [-0.05, 0) is 67.5 Å². The molecule has 10 heteroatoms. The Morgan fingerprint density at radius 1 is 1.07 bits per heavy atom. The van der Waals surface area contributed by atoms with Gasteiger partial charge in [0.05, 0.1) is 18.0 Å². The lowest BCUT2D eigenvalue weighted by Gasteiger charge is -2.25. The van der Waals surface area contributed by atoms with E-state index in [9.17, 15) is 23.9 Å². The first-order valence-electron chi connectivity index (χ1n) is 14.5. The molecule has 2 aliphatic rings. The van der Waals surface area contributed by atoms with E-state index in [1.54, 1.807) is 33.5 Å². The Morgan fingerprint density at radius 3 is 2.58 bits per heavy atom. The Labute approximate surface area is 252 Å². The third-order valence-electron chi connectivity index (χ3n) is 7.86. The van der Waals surface area contributed by atoms with E-state index < -0.39 is 17.7 Å². The van der Waals surface area contributed by atoms with E-state index in [-0.39, 0.29) is 24.3 Å². The molecule has 1 unspecified atom stereocenters. The van der Waals surface area contributed by atoms with Crippen molar-refractivity contribution in [1.29, 1.82) is 0 Å². The summed E-state index contributed by atoms with van der Waals surface area (Å²) >= 11 is 1.29. The zero-order valence-electron chi connectivity index (χ0n) is 23.5. The summed E-state index contributed by atoms with van der Waals surface area (Å²) in [5.41, 5.74) is 3.43. The molecule has 2 aromatic carbocycles. The molecule has 0 radical (unpaired) electrons. The lowest BCUT2D eigenvalue weighted by molar-refractivity contribution is -0.140. The predicted molar refractivity (Wildman–Crippen MR) is 163 cm³/mol. The highest BCUT2D eigenvalue weighted by atomic mass is 32.1. The second kappa shape index (κ2) is 12.4. The first kappa shape index (κ1) is 28.7. The van der Waals surface area contributed by atoms with E-state index >= 15 is 0 Å². The number of benzene rings is 2. The van der Waals surface area contributed by atoms with Crippen LogP contribution in [0.15, 0.2) is 72.2 Å². The molecule has 1 saturated heterocycles. The molecule has 8 nitrogen and oxygen atoms in total. The fourth-order valence-corrected chi connectivity index (χ4v) is 6.45. The number of amides is 2. The maximum atomic E-state index is 14.6. The van der Waals surface area contributed by atoms with E-state index in [1.807, 2.05) is 36.4 Å². The van der Waals surface area contributed by atoms with Gasteiger partial charge in [0.25, 0.3) is 0 Å². The Kier molecular flexibility index (Phi) is 8.29. The SMILES string of the molecule is O=C(O)CC(Cc1ccccc1)C(=O)N(c1nc(-c2cc(F)ccc2-c2ccc(N3CCCCC3=O)nc2)cs1)C1CC1. The number of thiazole rings is 1. The minimum Gasteiger partial charge on any atom is -0.481 e. The lowest BCUT2D eigenvalue weighted by Crippen LogP contribution is -2.39. The van der Waals surface area contributed by atoms with Gasteiger partial charge in [-0.1, -0.05) is 36.4 Å². The normalized spacial score (nSPS) is 15.7. The maximum Gasteiger partial charge on any atom is 0.304 e. The second-order valence-corrected chi connectivity index (χ2v) is 11.9. The molecule has 2 fully saturated rings. The minimum atomic E-state index is -1.03. The standard InChI is InChI=1S/C33H31FN4O4S/c34-24-10-13-26(22-9-14-29(35-19-22)37-15-5-4-8-30(37)39)27(18-24)28-20-43-33(36-28)38(25-11-12-25)32(42)23(17-31(40)41)16-21-6-2-1-3-7-21/h1-3,6-7,9-10,13-14,18-20,23,25H,4-5,8,11-12,15-17H2,(H,40,41). The average molecular weight is 599 g/mol. The number of pyridine rings is 1. The largest absolute Gasteiger partial charge is 0.481 e. The van der Waals surface area contributed by atoms with Crippen LogP contribution >= 0.6 is 11.3 Å². The number of carboxylic acids is 1. The van der Waals surface area contributed by atoms with Crippen molar-refractivity contribution in [1.82, 2.24) is 9.97 Å². The molecule has 1 aliphatic heterocycles. The fraction of sp³-hybridized carbons (Fsp3) is 0.303. The van der Waals surface area contributed by atoms with Crippen LogP contribution in [0.4, 0.5) is 15.3 Å². The zero-order valence-corrected chi connectivity index (χ0v) is 24.3. The van der Waals surface area contributed by atoms with Crippen LogP contribution in [-0.2, 0) is 20.8 Å². The van der Waals surface area contributed by atoms with E-state index in [2.05, 4.69) is 4.98 Å². The van der Waals surface area contributed by atoms with Crippen molar-refractivity contribution in [2.45, 2.75) is 51.0 Å². The number of aliphatic carboxylic acids is 1. The Hall–Kier alpha value is -4.44. The monoisotopic (exact) mass is 598 g/mol. The van der Waals surface area contributed by atoms with Crippen LogP contribution < -0.4 is 9.80 Å². The van der Waals surface area contributed by atoms with Crippen LogP contribution in [-0.4, -0.2) is 45.4 Å². The molecule has 220 valence electrons. The summed E-state index contributed by atoms with van der Waals surface area (Å²) in [4.78, 5) is 50.6. The van der Waals surface area contributed by atoms with Crippen LogP contribution in [0, 0.1) is 11.7 Å². The first-order valence-corrected chi connectivity index (χ1v) is 15.4. The number of hydrogen-bond donors (Lipinski definition) is 1. The Bertz CT molecular complexity index is 1640. The number of carbonyl (C=O) groups excluding carboxylic acids is 2. The van der Waals surface area contributed by atoms with Crippen LogP contribution in [0.2, 0.25) is 0 Å². The van der Waals surface area contributed by atoms with Gasteiger partial charge >= 0.3 is 5.97 Å². The summed E-state index contributed by atoms with van der Waals surface area (Å²) in [6.45, 7) is 0.642. The highest BCUT2D eigenvalue weighted by molar-refractivity contribution is 7.14. The summed E-state index contributed by atoms with van der Waals surface area (Å²) in [5, 5.41) is 11.9. The van der Waals surface area contributed by atoms with Crippen molar-refractivity contribution in [2.24, 2.45) is 5.92 Å². The first-order chi connectivity index (χ1) is 20.9. The van der Waals surface area contributed by atoms with E-state index in [1.165, 1.54) is 23.5 Å². The van der Waals surface area contributed by atoms with Gasteiger partial charge in [0, 0.05) is 41.7 Å². The van der Waals surface area contributed by atoms with Crippen LogP contribution in [0.3, 0.4) is 0 Å². The van der Waals surface area contributed by atoms with Crippen molar-refractivity contribution in [3.63, 3.8) is 0 Å². The third-order valence-corrected chi connectivity index (χ3v) is 8.70. The van der Waals surface area contributed by atoms with Gasteiger partial charge in [0.2, 0.25) is 11.8 Å². The number of aromatic nitrogens is 2. The summed E-state index contributed by atoms with van der Waals surface area (Å²) in [7, 11) is 0. The van der Waals surface area contributed by atoms with Crippen molar-refractivity contribution in [3.8, 4) is 22.4 Å². The molecule has 2 aromatic heterocycles. The van der Waals surface area contributed by atoms with Crippen molar-refractivity contribution >= 4 is 40.1 Å². The molecule has 43 heavy (non-hydrogen) atoms. The molecule has 6 rings (SSSR count). The topological polar surface area (TPSA) is 104 Å². The predicted octanol–water partition coefficient (Wildman–Crippen LogP) is 6.36. The fourth-order valence-electron chi connectivity index (χ4n) is 5.55. The van der Waals surface area contributed by atoms with Gasteiger partial charge in [-0.15, -0.1) is 11.3 Å². The molecule has 2 amide bonds. The summed E-state index contributed by atoms with van der Waals surface area (Å²) in [6.07, 6.45) is 5.68. The molecule has 1 N–H and O–H groups in total. The number of anilines is 2. The van der Waals surface area contributed by atoms with Crippen LogP contribution in [0.1, 0.15) is 44.1 Å².